The van der Waals surface area contributed by atoms with E-state index in [4.69, 9.17) is 4.74 Å². The summed E-state index contributed by atoms with van der Waals surface area (Å²) in [4.78, 5) is 26.3. The van der Waals surface area contributed by atoms with Crippen molar-refractivity contribution in [3.63, 3.8) is 0 Å². The van der Waals surface area contributed by atoms with Crippen molar-refractivity contribution in [3.05, 3.63) is 41.2 Å². The monoisotopic (exact) mass is 315 g/mol. The lowest BCUT2D eigenvalue weighted by molar-refractivity contribution is -0.145. The number of phenolic OH excluding ortho intramolecular Hbond substituents is 1. The van der Waals surface area contributed by atoms with Crippen molar-refractivity contribution >= 4 is 17.6 Å². The molecule has 120 valence electrons. The summed E-state index contributed by atoms with van der Waals surface area (Å²) < 4.78 is 4.81. The van der Waals surface area contributed by atoms with Crippen LogP contribution in [0, 0.1) is 12.8 Å². The molecule has 1 amide bonds. The minimum Gasteiger partial charge on any atom is -0.508 e. The first-order valence-electron chi connectivity index (χ1n) is 7.22. The van der Waals surface area contributed by atoms with Crippen LogP contribution in [0.25, 0.3) is 0 Å². The molecule has 0 fully saturated rings. The van der Waals surface area contributed by atoms with Gasteiger partial charge in [0.05, 0.1) is 30.6 Å². The van der Waals surface area contributed by atoms with Crippen LogP contribution in [0.4, 0.5) is 5.69 Å². The summed E-state index contributed by atoms with van der Waals surface area (Å²) in [6.07, 6.45) is 2.02. The van der Waals surface area contributed by atoms with Gasteiger partial charge in [-0.25, -0.2) is 0 Å². The quantitative estimate of drug-likeness (QED) is 0.817. The van der Waals surface area contributed by atoms with Gasteiger partial charge in [0, 0.05) is 18.5 Å². The number of fused-ring (bicyclic) bond motifs is 1. The van der Waals surface area contributed by atoms with Gasteiger partial charge in [-0.2, -0.15) is 5.10 Å². The van der Waals surface area contributed by atoms with Gasteiger partial charge in [0.15, 0.2) is 0 Å². The maximum Gasteiger partial charge on any atom is 0.310 e. The molecule has 1 unspecified atom stereocenters. The fourth-order valence-corrected chi connectivity index (χ4v) is 2.82. The van der Waals surface area contributed by atoms with Crippen molar-refractivity contribution in [3.8, 4) is 5.75 Å². The molecule has 2 N–H and O–H groups in total. The molecule has 7 heteroatoms. The molecule has 1 aromatic heterocycles. The third kappa shape index (κ3) is 2.65. The van der Waals surface area contributed by atoms with E-state index in [1.807, 2.05) is 0 Å². The molecule has 0 spiro atoms. The number of hydrogen-bond donors (Lipinski definition) is 2. The molecule has 3 rings (SSSR count). The molecule has 7 nitrogen and oxygen atoms in total. The summed E-state index contributed by atoms with van der Waals surface area (Å²) in [5, 5.41) is 16.5. The van der Waals surface area contributed by atoms with Crippen LogP contribution in [-0.2, 0) is 16.0 Å². The van der Waals surface area contributed by atoms with Crippen molar-refractivity contribution in [1.82, 2.24) is 10.2 Å². The van der Waals surface area contributed by atoms with Crippen LogP contribution >= 0.6 is 0 Å². The molecule has 23 heavy (non-hydrogen) atoms. The highest BCUT2D eigenvalue weighted by Crippen LogP contribution is 2.30. The number of aryl methyl sites for hydroxylation is 1. The third-order valence-corrected chi connectivity index (χ3v) is 4.07. The third-order valence-electron chi connectivity index (χ3n) is 4.07. The number of nitrogens with one attached hydrogen (secondary N) is 1. The van der Waals surface area contributed by atoms with Crippen LogP contribution in [0.3, 0.4) is 0 Å². The van der Waals surface area contributed by atoms with Crippen molar-refractivity contribution < 1.29 is 19.4 Å². The largest absolute Gasteiger partial charge is 0.508 e. The number of aromatic nitrogens is 2. The number of anilines is 1. The van der Waals surface area contributed by atoms with Gasteiger partial charge in [0.2, 0.25) is 0 Å². The molecule has 2 heterocycles. The first kappa shape index (κ1) is 15.1. The van der Waals surface area contributed by atoms with E-state index >= 15 is 0 Å². The van der Waals surface area contributed by atoms with E-state index in [0.717, 1.165) is 11.3 Å². The van der Waals surface area contributed by atoms with E-state index < -0.39 is 5.92 Å². The number of carbonyl (C=O) groups excluding carboxylic acids is 2. The minimum atomic E-state index is -0.450. The van der Waals surface area contributed by atoms with Gasteiger partial charge >= 0.3 is 5.97 Å². The van der Waals surface area contributed by atoms with Crippen molar-refractivity contribution in [2.75, 3.05) is 18.6 Å². The summed E-state index contributed by atoms with van der Waals surface area (Å²) in [5.41, 5.74) is 2.51. The van der Waals surface area contributed by atoms with E-state index in [1.54, 1.807) is 19.2 Å². The Morgan fingerprint density at radius 1 is 1.43 bits per heavy atom. The number of phenols is 1. The van der Waals surface area contributed by atoms with Crippen molar-refractivity contribution in [2.45, 2.75) is 13.3 Å². The van der Waals surface area contributed by atoms with E-state index in [2.05, 4.69) is 10.2 Å². The lowest BCUT2D eigenvalue weighted by Gasteiger charge is -2.31. The number of rotatable bonds is 2. The van der Waals surface area contributed by atoms with Gasteiger partial charge < -0.3 is 14.7 Å². The highest BCUT2D eigenvalue weighted by molar-refractivity contribution is 6.08. The van der Waals surface area contributed by atoms with E-state index in [0.29, 0.717) is 17.7 Å². The number of carbonyl (C=O) groups is 2. The zero-order valence-electron chi connectivity index (χ0n) is 12.9. The molecular formula is C16H17N3O4. The fourth-order valence-electron chi connectivity index (χ4n) is 2.82. The average Bonchev–Trinajstić information content (AvgIpc) is 3.03. The van der Waals surface area contributed by atoms with Gasteiger partial charge in [-0.3, -0.25) is 14.7 Å². The van der Waals surface area contributed by atoms with E-state index in [1.165, 1.54) is 24.1 Å². The van der Waals surface area contributed by atoms with Crippen LogP contribution in [-0.4, -0.2) is 40.8 Å². The van der Waals surface area contributed by atoms with Crippen molar-refractivity contribution in [2.24, 2.45) is 5.92 Å². The number of H-pyrrole nitrogens is 1. The van der Waals surface area contributed by atoms with E-state index in [-0.39, 0.29) is 24.2 Å². The second kappa shape index (κ2) is 5.75. The fraction of sp³-hybridized carbons (Fsp3) is 0.312. The Hall–Kier alpha value is -2.83. The van der Waals surface area contributed by atoms with Gasteiger partial charge in [0.1, 0.15) is 5.75 Å². The number of esters is 1. The molecule has 0 saturated carbocycles. The molecule has 1 aromatic carbocycles. The zero-order valence-corrected chi connectivity index (χ0v) is 12.9. The maximum absolute atomic E-state index is 12.9. The van der Waals surface area contributed by atoms with Crippen LogP contribution < -0.4 is 4.90 Å². The molecule has 0 bridgehead atoms. The number of aromatic hydroxyl groups is 1. The van der Waals surface area contributed by atoms with Crippen LogP contribution in [0.15, 0.2) is 24.4 Å². The Morgan fingerprint density at radius 3 is 2.96 bits per heavy atom. The predicted octanol–water partition coefficient (Wildman–Crippen LogP) is 1.42. The summed E-state index contributed by atoms with van der Waals surface area (Å²) in [6.45, 7) is 2.01. The summed E-state index contributed by atoms with van der Waals surface area (Å²) in [7, 11) is 1.33. The maximum atomic E-state index is 12.9. The topological polar surface area (TPSA) is 95.5 Å². The zero-order chi connectivity index (χ0) is 16.6. The predicted molar refractivity (Wildman–Crippen MR) is 82.3 cm³/mol. The van der Waals surface area contributed by atoms with Gasteiger partial charge in [-0.15, -0.1) is 0 Å². The lowest BCUT2D eigenvalue weighted by atomic mass is 9.96. The normalized spacial score (nSPS) is 16.8. The van der Waals surface area contributed by atoms with Crippen LogP contribution in [0.1, 0.15) is 21.6 Å². The lowest BCUT2D eigenvalue weighted by Crippen LogP contribution is -2.43. The van der Waals surface area contributed by atoms with Gasteiger partial charge in [-0.1, -0.05) is 6.07 Å². The number of ether oxygens (including phenoxy) is 1. The average molecular weight is 315 g/mol. The number of benzene rings is 1. The molecule has 0 radical (unpaired) electrons. The Bertz CT molecular complexity index is 768. The second-order valence-corrected chi connectivity index (χ2v) is 5.57. The summed E-state index contributed by atoms with van der Waals surface area (Å²) >= 11 is 0. The summed E-state index contributed by atoms with van der Waals surface area (Å²) in [6, 6.07) is 4.64. The SMILES string of the molecule is COC(=O)C1Cc2[nH]ncc2N(C(=O)c2cc(O)ccc2C)C1. The first-order valence-corrected chi connectivity index (χ1v) is 7.22. The number of methoxy groups -OCH3 is 1. The highest BCUT2D eigenvalue weighted by Gasteiger charge is 2.35. The molecule has 1 aliphatic rings. The Kier molecular flexibility index (Phi) is 3.77. The number of nitrogens with zero attached hydrogens (tertiary/aromatic N) is 2. The number of amides is 1. The Morgan fingerprint density at radius 2 is 2.22 bits per heavy atom. The number of hydrogen-bond acceptors (Lipinski definition) is 5. The number of aromatic amines is 1. The molecular weight excluding hydrogens is 298 g/mol. The first-order chi connectivity index (χ1) is 11.0. The molecule has 0 saturated heterocycles. The second-order valence-electron chi connectivity index (χ2n) is 5.57. The van der Waals surface area contributed by atoms with Crippen LogP contribution in [0.5, 0.6) is 5.75 Å². The summed E-state index contributed by atoms with van der Waals surface area (Å²) in [5.74, 6) is -1.08. The highest BCUT2D eigenvalue weighted by atomic mass is 16.5. The van der Waals surface area contributed by atoms with Gasteiger partial charge in [0.25, 0.3) is 5.91 Å². The Balaban J connectivity index is 1.99. The van der Waals surface area contributed by atoms with Crippen LogP contribution in [0.2, 0.25) is 0 Å². The van der Waals surface area contributed by atoms with E-state index in [9.17, 15) is 14.7 Å². The standard InChI is InChI=1S/C16H17N3O4/c1-9-3-4-11(20)6-12(9)15(21)19-8-10(16(22)23-2)5-13-14(19)7-17-18-13/h3-4,6-7,10,20H,5,8H2,1-2H3,(H,17,18). The molecule has 2 aromatic rings. The van der Waals surface area contributed by atoms with Crippen molar-refractivity contribution in [1.29, 1.82) is 0 Å². The molecule has 0 aliphatic carbocycles. The minimum absolute atomic E-state index is 0.0212. The Labute approximate surface area is 132 Å². The molecule has 1 aliphatic heterocycles. The smallest absolute Gasteiger partial charge is 0.310 e. The molecule has 1 atom stereocenters. The van der Waals surface area contributed by atoms with Gasteiger partial charge in [-0.05, 0) is 24.6 Å².